The number of pyridine rings is 1. The quantitative estimate of drug-likeness (QED) is 0.859. The maximum absolute atomic E-state index is 12.8. The zero-order valence-electron chi connectivity index (χ0n) is 13.9. The number of hydrogen-bond donors (Lipinski definition) is 1. The maximum atomic E-state index is 12.8. The Morgan fingerprint density at radius 1 is 1.41 bits per heavy atom. The van der Waals surface area contributed by atoms with Gasteiger partial charge >= 0.3 is 0 Å². The first-order valence-corrected chi connectivity index (χ1v) is 7.96. The molecule has 1 aliphatic carbocycles. The third-order valence-corrected chi connectivity index (χ3v) is 5.92. The molecule has 0 aromatic carbocycles. The van der Waals surface area contributed by atoms with Crippen LogP contribution in [0.25, 0.3) is 0 Å². The van der Waals surface area contributed by atoms with Crippen molar-refractivity contribution in [3.05, 3.63) is 28.2 Å². The van der Waals surface area contributed by atoms with Gasteiger partial charge < -0.3 is 14.7 Å². The second-order valence-electron chi connectivity index (χ2n) is 7.18. The molecule has 0 amide bonds. The third-order valence-electron chi connectivity index (χ3n) is 5.92. The van der Waals surface area contributed by atoms with Gasteiger partial charge in [0.1, 0.15) is 19.0 Å². The highest BCUT2D eigenvalue weighted by atomic mass is 16.6. The van der Waals surface area contributed by atoms with E-state index in [1.54, 1.807) is 12.3 Å². The number of nitrogens with zero attached hydrogens (tertiary/aromatic N) is 1. The molecular weight excluding hydrogens is 282 g/mol. The van der Waals surface area contributed by atoms with Crippen LogP contribution in [-0.2, 0) is 0 Å². The lowest BCUT2D eigenvalue weighted by Gasteiger charge is -2.55. The Kier molecular flexibility index (Phi) is 3.51. The van der Waals surface area contributed by atoms with Crippen molar-refractivity contribution in [1.29, 1.82) is 0 Å². The number of aliphatic hydroxyl groups excluding tert-OH is 1. The molecule has 1 aromatic heterocycles. The van der Waals surface area contributed by atoms with Gasteiger partial charge in [-0.05, 0) is 25.2 Å². The van der Waals surface area contributed by atoms with E-state index in [-0.39, 0.29) is 34.8 Å². The number of aliphatic hydroxyl groups is 1. The molecule has 6 atom stereocenters. The van der Waals surface area contributed by atoms with Crippen molar-refractivity contribution >= 4 is 0 Å². The van der Waals surface area contributed by atoms with Gasteiger partial charge in [-0.2, -0.15) is 4.73 Å². The summed E-state index contributed by atoms with van der Waals surface area (Å²) in [5, 5.41) is 10.5. The molecule has 1 aromatic rings. The first-order valence-electron chi connectivity index (χ1n) is 7.96. The number of ether oxygens (including phenoxy) is 1. The van der Waals surface area contributed by atoms with Crippen LogP contribution < -0.4 is 15.1 Å². The second kappa shape index (κ2) is 5.01. The molecule has 1 N–H and O–H groups in total. The molecule has 1 fully saturated rings. The van der Waals surface area contributed by atoms with Crippen molar-refractivity contribution < 1.29 is 14.7 Å². The molecule has 3 rings (SSSR count). The largest absolute Gasteiger partial charge is 0.490 e. The number of fused-ring (bicyclic) bond motifs is 3. The summed E-state index contributed by atoms with van der Waals surface area (Å²) in [6.45, 7) is 8.35. The van der Waals surface area contributed by atoms with E-state index in [9.17, 15) is 9.90 Å². The van der Waals surface area contributed by atoms with Crippen LogP contribution in [-0.4, -0.2) is 29.2 Å². The second-order valence-corrected chi connectivity index (χ2v) is 7.18. The van der Waals surface area contributed by atoms with Gasteiger partial charge in [0.2, 0.25) is 0 Å². The molecular formula is C17H25NO4. The molecule has 122 valence electrons. The number of rotatable bonds is 1. The summed E-state index contributed by atoms with van der Waals surface area (Å²) < 4.78 is 7.30. The van der Waals surface area contributed by atoms with Gasteiger partial charge in [-0.3, -0.25) is 4.79 Å². The maximum Gasteiger partial charge on any atom is 0.290 e. The molecule has 5 nitrogen and oxygen atoms in total. The molecule has 0 saturated heterocycles. The van der Waals surface area contributed by atoms with E-state index in [4.69, 9.17) is 9.57 Å². The van der Waals surface area contributed by atoms with Crippen LogP contribution in [0.15, 0.2) is 17.1 Å². The highest BCUT2D eigenvalue weighted by molar-refractivity contribution is 5.39. The lowest BCUT2D eigenvalue weighted by Crippen LogP contribution is -2.55. The summed E-state index contributed by atoms with van der Waals surface area (Å²) in [6.07, 6.45) is 2.01. The third kappa shape index (κ3) is 1.91. The fourth-order valence-electron chi connectivity index (χ4n) is 4.64. The van der Waals surface area contributed by atoms with Crippen molar-refractivity contribution in [1.82, 2.24) is 4.73 Å². The molecule has 1 saturated carbocycles. The van der Waals surface area contributed by atoms with Crippen molar-refractivity contribution in [2.45, 2.75) is 52.2 Å². The van der Waals surface area contributed by atoms with Gasteiger partial charge in [-0.1, -0.05) is 20.8 Å². The van der Waals surface area contributed by atoms with Gasteiger partial charge in [0, 0.05) is 17.4 Å². The lowest BCUT2D eigenvalue weighted by molar-refractivity contribution is -0.0934. The topological polar surface area (TPSA) is 60.7 Å². The van der Waals surface area contributed by atoms with Crippen LogP contribution in [0.2, 0.25) is 0 Å². The van der Waals surface area contributed by atoms with Gasteiger partial charge in [0.05, 0.1) is 17.9 Å². The van der Waals surface area contributed by atoms with Crippen LogP contribution in [0.1, 0.15) is 45.6 Å². The molecule has 5 heteroatoms. The van der Waals surface area contributed by atoms with Crippen LogP contribution in [0, 0.1) is 17.3 Å². The Bertz CT molecular complexity index is 640. The van der Waals surface area contributed by atoms with Crippen LogP contribution in [0.5, 0.6) is 5.75 Å². The molecule has 0 radical (unpaired) electrons. The molecule has 0 bridgehead atoms. The normalized spacial score (nSPS) is 40.4. The Hall–Kier alpha value is -1.49. The highest BCUT2D eigenvalue weighted by Crippen LogP contribution is 2.57. The summed E-state index contributed by atoms with van der Waals surface area (Å²) in [7, 11) is 1.47. The summed E-state index contributed by atoms with van der Waals surface area (Å²) >= 11 is 0. The fourth-order valence-corrected chi connectivity index (χ4v) is 4.64. The van der Waals surface area contributed by atoms with E-state index in [0.29, 0.717) is 11.3 Å². The Morgan fingerprint density at radius 2 is 2.09 bits per heavy atom. The summed E-state index contributed by atoms with van der Waals surface area (Å²) in [6, 6.07) is 1.79. The average Bonchev–Trinajstić information content (AvgIpc) is 2.47. The first kappa shape index (κ1) is 15.4. The van der Waals surface area contributed by atoms with Crippen LogP contribution in [0.4, 0.5) is 0 Å². The number of aromatic nitrogens is 1. The smallest absolute Gasteiger partial charge is 0.290 e. The van der Waals surface area contributed by atoms with E-state index < -0.39 is 6.10 Å². The summed E-state index contributed by atoms with van der Waals surface area (Å²) in [5.41, 5.74) is 0.289. The van der Waals surface area contributed by atoms with Crippen molar-refractivity contribution in [3.63, 3.8) is 0 Å². The summed E-state index contributed by atoms with van der Waals surface area (Å²) in [4.78, 5) is 17.9. The van der Waals surface area contributed by atoms with E-state index in [1.165, 1.54) is 11.8 Å². The molecule has 0 unspecified atom stereocenters. The highest BCUT2D eigenvalue weighted by Gasteiger charge is 2.55. The molecule has 22 heavy (non-hydrogen) atoms. The van der Waals surface area contributed by atoms with Crippen molar-refractivity contribution in [3.8, 4) is 5.75 Å². The lowest BCUT2D eigenvalue weighted by atomic mass is 9.54. The minimum Gasteiger partial charge on any atom is -0.490 e. The minimum atomic E-state index is -0.410. The monoisotopic (exact) mass is 307 g/mol. The predicted molar refractivity (Wildman–Crippen MR) is 83.1 cm³/mol. The average molecular weight is 307 g/mol. The van der Waals surface area contributed by atoms with E-state index in [1.807, 2.05) is 6.92 Å². The predicted octanol–water partition coefficient (Wildman–Crippen LogP) is 1.81. The summed E-state index contributed by atoms with van der Waals surface area (Å²) in [5.74, 6) is 0.783. The van der Waals surface area contributed by atoms with E-state index in [0.717, 1.165) is 6.42 Å². The van der Waals surface area contributed by atoms with Gasteiger partial charge in [0.25, 0.3) is 5.56 Å². The van der Waals surface area contributed by atoms with Gasteiger partial charge in [-0.15, -0.1) is 0 Å². The minimum absolute atomic E-state index is 0.000180. The molecule has 2 aliphatic rings. The molecule has 2 heterocycles. The van der Waals surface area contributed by atoms with Crippen LogP contribution in [0.3, 0.4) is 0 Å². The zero-order valence-corrected chi connectivity index (χ0v) is 13.9. The van der Waals surface area contributed by atoms with E-state index in [2.05, 4.69) is 20.8 Å². The van der Waals surface area contributed by atoms with Crippen molar-refractivity contribution in [2.24, 2.45) is 17.3 Å². The molecule has 0 spiro atoms. The fraction of sp³-hybridized carbons (Fsp3) is 0.706. The standard InChI is InChI=1S/C17H25NO4/c1-9-8-17(4)11(3)22-12-6-7-18(21-5)16(20)13(12)14(17)10(2)15(9)19/h6-7,9-11,14-15,19H,8H2,1-5H3/t9-,10+,11-,14-,15-,17-/m0/s1. The molecule has 1 aliphatic heterocycles. The van der Waals surface area contributed by atoms with Crippen LogP contribution >= 0.6 is 0 Å². The Labute approximate surface area is 130 Å². The SMILES string of the molecule is COn1ccc2c(c1=O)[C@@H]1[C@@H](C)[C@@H](O)[C@@H](C)C[C@@]1(C)[C@H](C)O2. The zero-order chi connectivity index (χ0) is 16.2. The number of hydrogen-bond acceptors (Lipinski definition) is 4. The first-order chi connectivity index (χ1) is 10.3. The van der Waals surface area contributed by atoms with Gasteiger partial charge in [-0.25, -0.2) is 0 Å². The van der Waals surface area contributed by atoms with Gasteiger partial charge in [0.15, 0.2) is 0 Å². The Morgan fingerprint density at radius 3 is 2.73 bits per heavy atom. The van der Waals surface area contributed by atoms with E-state index >= 15 is 0 Å². The Balaban J connectivity index is 2.22. The van der Waals surface area contributed by atoms with Crippen molar-refractivity contribution in [2.75, 3.05) is 7.11 Å².